The van der Waals surface area contributed by atoms with Gasteiger partial charge in [0, 0.05) is 17.8 Å². The van der Waals surface area contributed by atoms with E-state index < -0.39 is 0 Å². The lowest BCUT2D eigenvalue weighted by molar-refractivity contribution is 0.179. The third kappa shape index (κ3) is 3.49. The van der Waals surface area contributed by atoms with E-state index in [1.807, 2.05) is 20.9 Å². The first-order valence-electron chi connectivity index (χ1n) is 5.11. The van der Waals surface area contributed by atoms with Gasteiger partial charge in [0.2, 0.25) is 0 Å². The molecule has 1 heterocycles. The molecule has 13 heavy (non-hydrogen) atoms. The van der Waals surface area contributed by atoms with Crippen LogP contribution in [0.1, 0.15) is 20.3 Å². The van der Waals surface area contributed by atoms with E-state index in [9.17, 15) is 0 Å². The first-order chi connectivity index (χ1) is 6.21. The third-order valence-corrected chi connectivity index (χ3v) is 3.77. The molecule has 80 valence electrons. The zero-order valence-electron chi connectivity index (χ0n) is 9.68. The Hall–Kier alpha value is 0.270. The normalized spacial score (nSPS) is 27.2. The lowest BCUT2D eigenvalue weighted by Gasteiger charge is -2.35. The van der Waals surface area contributed by atoms with Gasteiger partial charge in [-0.3, -0.25) is 0 Å². The van der Waals surface area contributed by atoms with Gasteiger partial charge in [0.1, 0.15) is 0 Å². The van der Waals surface area contributed by atoms with Gasteiger partial charge in [-0.15, -0.1) is 0 Å². The van der Waals surface area contributed by atoms with Crippen molar-refractivity contribution >= 4 is 11.8 Å². The van der Waals surface area contributed by atoms with E-state index in [1.165, 1.54) is 17.9 Å². The molecule has 1 unspecified atom stereocenters. The number of likely N-dealkylation sites (N-methyl/N-ethyl adjacent to an activating group) is 2. The zero-order valence-corrected chi connectivity index (χ0v) is 10.5. The summed E-state index contributed by atoms with van der Waals surface area (Å²) in [4.78, 5) is 2.36. The molecule has 0 aromatic heterocycles. The van der Waals surface area contributed by atoms with Crippen molar-refractivity contribution in [3.63, 3.8) is 0 Å². The minimum Gasteiger partial charge on any atom is -0.318 e. The van der Waals surface area contributed by atoms with Gasteiger partial charge in [-0.25, -0.2) is 0 Å². The Bertz CT molecular complexity index is 120. The van der Waals surface area contributed by atoms with E-state index in [0.29, 0.717) is 5.54 Å². The average molecular weight is 204 g/mol. The summed E-state index contributed by atoms with van der Waals surface area (Å²) in [5.41, 5.74) is 0.430. The van der Waals surface area contributed by atoms with Crippen molar-refractivity contribution in [1.29, 1.82) is 0 Å². The molecular weight excluding hydrogens is 180 g/mol. The highest BCUT2D eigenvalue weighted by Gasteiger charge is 2.35. The minimum atomic E-state index is 0.430. The van der Waals surface area contributed by atoms with Gasteiger partial charge in [0.25, 0.3) is 0 Å². The first kappa shape index (κ1) is 13.3. The Balaban J connectivity index is 0.000000671. The molecule has 1 N–H and O–H groups in total. The highest BCUT2D eigenvalue weighted by molar-refractivity contribution is 7.99. The van der Waals surface area contributed by atoms with Crippen LogP contribution < -0.4 is 5.32 Å². The van der Waals surface area contributed by atoms with Gasteiger partial charge < -0.3 is 10.2 Å². The number of hydrogen-bond acceptors (Lipinski definition) is 3. The Morgan fingerprint density at radius 2 is 2.00 bits per heavy atom. The molecule has 2 nitrogen and oxygen atoms in total. The summed E-state index contributed by atoms with van der Waals surface area (Å²) in [6.45, 7) is 5.12. The SMILES string of the molecule is CC.CNCC1(N(C)C)CCSC1. The second-order valence-corrected chi connectivity index (χ2v) is 4.56. The maximum absolute atomic E-state index is 3.28. The van der Waals surface area contributed by atoms with Gasteiger partial charge in [0.05, 0.1) is 0 Å². The fraction of sp³-hybridized carbons (Fsp3) is 1.00. The van der Waals surface area contributed by atoms with Crippen LogP contribution in [-0.4, -0.2) is 49.6 Å². The standard InChI is InChI=1S/C8H18N2S.C2H6/c1-9-6-8(10(2)3)4-5-11-7-8;1-2/h9H,4-7H2,1-3H3;1-2H3. The molecule has 1 saturated heterocycles. The van der Waals surface area contributed by atoms with Crippen molar-refractivity contribution in [3.05, 3.63) is 0 Å². The van der Waals surface area contributed by atoms with Gasteiger partial charge in [-0.05, 0) is 33.3 Å². The quantitative estimate of drug-likeness (QED) is 0.753. The van der Waals surface area contributed by atoms with Crippen LogP contribution in [0.2, 0.25) is 0 Å². The van der Waals surface area contributed by atoms with E-state index in [2.05, 4.69) is 36.1 Å². The zero-order chi connectivity index (χ0) is 10.3. The number of hydrogen-bond donors (Lipinski definition) is 1. The van der Waals surface area contributed by atoms with Gasteiger partial charge in [-0.1, -0.05) is 13.8 Å². The van der Waals surface area contributed by atoms with Crippen LogP contribution in [0.25, 0.3) is 0 Å². The molecule has 0 aromatic rings. The second kappa shape index (κ2) is 6.68. The maximum atomic E-state index is 3.28. The van der Waals surface area contributed by atoms with Gasteiger partial charge in [-0.2, -0.15) is 11.8 Å². The lowest BCUT2D eigenvalue weighted by Crippen LogP contribution is -2.51. The van der Waals surface area contributed by atoms with Crippen molar-refractivity contribution in [2.24, 2.45) is 0 Å². The fourth-order valence-corrected chi connectivity index (χ4v) is 3.13. The second-order valence-electron chi connectivity index (χ2n) is 3.45. The molecule has 1 aliphatic heterocycles. The summed E-state index contributed by atoms with van der Waals surface area (Å²) < 4.78 is 0. The van der Waals surface area contributed by atoms with Crippen LogP contribution in [0.15, 0.2) is 0 Å². The van der Waals surface area contributed by atoms with Crippen LogP contribution in [0.4, 0.5) is 0 Å². The van der Waals surface area contributed by atoms with Crippen molar-refractivity contribution in [3.8, 4) is 0 Å². The summed E-state index contributed by atoms with van der Waals surface area (Å²) in [7, 11) is 6.40. The highest BCUT2D eigenvalue weighted by atomic mass is 32.2. The van der Waals surface area contributed by atoms with Crippen molar-refractivity contribution in [2.75, 3.05) is 39.2 Å². The molecule has 0 amide bonds. The molecular formula is C10H24N2S. The number of rotatable bonds is 3. The van der Waals surface area contributed by atoms with Crippen LogP contribution in [0.3, 0.4) is 0 Å². The van der Waals surface area contributed by atoms with E-state index >= 15 is 0 Å². The van der Waals surface area contributed by atoms with Gasteiger partial charge in [0.15, 0.2) is 0 Å². The van der Waals surface area contributed by atoms with Crippen LogP contribution in [0, 0.1) is 0 Å². The molecule has 0 spiro atoms. The Morgan fingerprint density at radius 3 is 2.31 bits per heavy atom. The molecule has 0 bridgehead atoms. The predicted octanol–water partition coefficient (Wildman–Crippen LogP) is 1.67. The van der Waals surface area contributed by atoms with Crippen LogP contribution in [-0.2, 0) is 0 Å². The molecule has 1 atom stereocenters. The molecule has 3 heteroatoms. The average Bonchev–Trinajstić information content (AvgIpc) is 2.59. The summed E-state index contributed by atoms with van der Waals surface area (Å²) in [6, 6.07) is 0. The number of thioether (sulfide) groups is 1. The summed E-state index contributed by atoms with van der Waals surface area (Å²) >= 11 is 2.07. The highest BCUT2D eigenvalue weighted by Crippen LogP contribution is 2.31. The fourth-order valence-electron chi connectivity index (χ4n) is 1.58. The van der Waals surface area contributed by atoms with Crippen LogP contribution in [0.5, 0.6) is 0 Å². The van der Waals surface area contributed by atoms with E-state index in [1.54, 1.807) is 0 Å². The smallest absolute Gasteiger partial charge is 0.0425 e. The molecule has 0 saturated carbocycles. The Kier molecular flexibility index (Phi) is 6.82. The summed E-state index contributed by atoms with van der Waals surface area (Å²) in [5.74, 6) is 2.60. The van der Waals surface area contributed by atoms with Crippen LogP contribution >= 0.6 is 11.8 Å². The number of nitrogens with one attached hydrogen (secondary N) is 1. The molecule has 0 radical (unpaired) electrons. The van der Waals surface area contributed by atoms with Crippen molar-refractivity contribution in [2.45, 2.75) is 25.8 Å². The van der Waals surface area contributed by atoms with E-state index in [-0.39, 0.29) is 0 Å². The van der Waals surface area contributed by atoms with E-state index in [4.69, 9.17) is 0 Å². The molecule has 1 aliphatic rings. The summed E-state index contributed by atoms with van der Waals surface area (Å²) in [5, 5.41) is 3.28. The van der Waals surface area contributed by atoms with E-state index in [0.717, 1.165) is 6.54 Å². The number of nitrogens with zero attached hydrogens (tertiary/aromatic N) is 1. The minimum absolute atomic E-state index is 0.430. The monoisotopic (exact) mass is 204 g/mol. The molecule has 0 aromatic carbocycles. The predicted molar refractivity (Wildman–Crippen MR) is 63.6 cm³/mol. The van der Waals surface area contributed by atoms with Gasteiger partial charge >= 0.3 is 0 Å². The van der Waals surface area contributed by atoms with Crippen molar-refractivity contribution in [1.82, 2.24) is 10.2 Å². The third-order valence-electron chi connectivity index (χ3n) is 2.54. The molecule has 0 aliphatic carbocycles. The maximum Gasteiger partial charge on any atom is 0.0425 e. The van der Waals surface area contributed by atoms with Crippen molar-refractivity contribution < 1.29 is 0 Å². The lowest BCUT2D eigenvalue weighted by atomic mass is 9.98. The topological polar surface area (TPSA) is 15.3 Å². The summed E-state index contributed by atoms with van der Waals surface area (Å²) in [6.07, 6.45) is 1.32. The first-order valence-corrected chi connectivity index (χ1v) is 6.26. The Labute approximate surface area is 87.5 Å². The molecule has 1 fully saturated rings. The largest absolute Gasteiger partial charge is 0.318 e. The Morgan fingerprint density at radius 1 is 1.38 bits per heavy atom. The molecule has 1 rings (SSSR count).